The van der Waals surface area contributed by atoms with Crippen LogP contribution >= 0.6 is 11.3 Å². The minimum absolute atomic E-state index is 0.391. The van der Waals surface area contributed by atoms with Crippen LogP contribution in [0.4, 0.5) is 0 Å². The molecule has 2 aromatic rings. The molecule has 2 aliphatic rings. The molecule has 1 amide bonds. The van der Waals surface area contributed by atoms with Crippen LogP contribution in [0.25, 0.3) is 5.57 Å². The molecular weight excluding hydrogens is 376 g/mol. The van der Waals surface area contributed by atoms with Gasteiger partial charge in [-0.2, -0.15) is 0 Å². The molecule has 0 unspecified atom stereocenters. The van der Waals surface area contributed by atoms with E-state index in [0.29, 0.717) is 11.5 Å². The standard InChI is InChI=1S/C21H22N2O4S/c1-23-8-6-13(7-9-23)19-15-4-2-3-5-16(15)26-11-14-10-17(28-20(14)19)21(25)27-12-18(22)24/h2-5,10H,6-9,11-12H2,1H3,(H2,22,24). The molecule has 4 rings (SSSR count). The zero-order chi connectivity index (χ0) is 19.7. The molecular formula is C21H22N2O4S. The van der Waals surface area contributed by atoms with Crippen molar-refractivity contribution in [1.29, 1.82) is 0 Å². The molecule has 0 bridgehead atoms. The molecule has 28 heavy (non-hydrogen) atoms. The second kappa shape index (κ2) is 7.77. The van der Waals surface area contributed by atoms with Crippen LogP contribution in [0.1, 0.15) is 38.5 Å². The average Bonchev–Trinajstić information content (AvgIpc) is 3.04. The molecule has 3 heterocycles. The summed E-state index contributed by atoms with van der Waals surface area (Å²) in [6.45, 7) is 2.00. The van der Waals surface area contributed by atoms with E-state index in [2.05, 4.69) is 18.0 Å². The molecule has 6 nitrogen and oxygen atoms in total. The summed E-state index contributed by atoms with van der Waals surface area (Å²) in [6.07, 6.45) is 1.97. The van der Waals surface area contributed by atoms with Gasteiger partial charge >= 0.3 is 5.97 Å². The number of carbonyl (C=O) groups is 2. The zero-order valence-electron chi connectivity index (χ0n) is 15.7. The van der Waals surface area contributed by atoms with Gasteiger partial charge in [0.2, 0.25) is 0 Å². The fourth-order valence-electron chi connectivity index (χ4n) is 3.62. The van der Waals surface area contributed by atoms with Crippen LogP contribution in [-0.2, 0) is 16.1 Å². The molecule has 0 aliphatic carbocycles. The summed E-state index contributed by atoms with van der Waals surface area (Å²) >= 11 is 1.40. The van der Waals surface area contributed by atoms with Gasteiger partial charge in [0, 0.05) is 34.7 Å². The van der Waals surface area contributed by atoms with E-state index in [1.54, 1.807) is 0 Å². The molecule has 1 aromatic carbocycles. The molecule has 1 fully saturated rings. The number of carbonyl (C=O) groups excluding carboxylic acids is 2. The fourth-order valence-corrected chi connectivity index (χ4v) is 4.79. The van der Waals surface area contributed by atoms with Crippen LogP contribution in [0, 0.1) is 0 Å². The van der Waals surface area contributed by atoms with E-state index in [1.807, 2.05) is 24.3 Å². The van der Waals surface area contributed by atoms with Crippen LogP contribution in [0.5, 0.6) is 5.75 Å². The van der Waals surface area contributed by atoms with E-state index in [0.717, 1.165) is 47.7 Å². The van der Waals surface area contributed by atoms with E-state index >= 15 is 0 Å². The average molecular weight is 398 g/mol. The lowest BCUT2D eigenvalue weighted by atomic mass is 9.91. The first-order chi connectivity index (χ1) is 13.5. The zero-order valence-corrected chi connectivity index (χ0v) is 16.5. The van der Waals surface area contributed by atoms with Gasteiger partial charge < -0.3 is 20.1 Å². The van der Waals surface area contributed by atoms with Crippen molar-refractivity contribution in [2.45, 2.75) is 19.4 Å². The maximum absolute atomic E-state index is 12.3. The first-order valence-electron chi connectivity index (χ1n) is 9.24. The van der Waals surface area contributed by atoms with E-state index in [1.165, 1.54) is 22.5 Å². The number of primary amides is 1. The molecule has 146 valence electrons. The number of fused-ring (bicyclic) bond motifs is 2. The van der Waals surface area contributed by atoms with E-state index < -0.39 is 18.5 Å². The first-order valence-corrected chi connectivity index (χ1v) is 10.1. The number of rotatable bonds is 3. The summed E-state index contributed by atoms with van der Waals surface area (Å²) in [6, 6.07) is 9.87. The molecule has 1 aromatic heterocycles. The summed E-state index contributed by atoms with van der Waals surface area (Å²) < 4.78 is 11.0. The highest BCUT2D eigenvalue weighted by Gasteiger charge is 2.27. The van der Waals surface area contributed by atoms with Gasteiger partial charge in [0.1, 0.15) is 17.2 Å². The molecule has 1 saturated heterocycles. The molecule has 0 atom stereocenters. The van der Waals surface area contributed by atoms with Gasteiger partial charge in [-0.25, -0.2) is 4.79 Å². The monoisotopic (exact) mass is 398 g/mol. The molecule has 0 spiro atoms. The van der Waals surface area contributed by atoms with Crippen molar-refractivity contribution >= 4 is 28.8 Å². The topological polar surface area (TPSA) is 81.9 Å². The van der Waals surface area contributed by atoms with Gasteiger partial charge in [0.25, 0.3) is 5.91 Å². The van der Waals surface area contributed by atoms with Crippen LogP contribution in [0.2, 0.25) is 0 Å². The number of hydrogen-bond acceptors (Lipinski definition) is 6. The normalized spacial score (nSPS) is 16.6. The van der Waals surface area contributed by atoms with Crippen molar-refractivity contribution in [1.82, 2.24) is 4.90 Å². The van der Waals surface area contributed by atoms with Crippen LogP contribution in [0.3, 0.4) is 0 Å². The number of esters is 1. The lowest BCUT2D eigenvalue weighted by molar-refractivity contribution is -0.121. The number of para-hydroxylation sites is 1. The Bertz CT molecular complexity index is 953. The maximum Gasteiger partial charge on any atom is 0.348 e. The minimum Gasteiger partial charge on any atom is -0.488 e. The Morgan fingerprint density at radius 2 is 2.00 bits per heavy atom. The Kier molecular flexibility index (Phi) is 5.19. The number of nitrogens with zero attached hydrogens (tertiary/aromatic N) is 1. The van der Waals surface area contributed by atoms with Gasteiger partial charge in [0.15, 0.2) is 6.61 Å². The summed E-state index contributed by atoms with van der Waals surface area (Å²) in [5, 5.41) is 0. The lowest BCUT2D eigenvalue weighted by Gasteiger charge is -2.26. The number of hydrogen-bond donors (Lipinski definition) is 1. The Hall–Kier alpha value is -2.64. The van der Waals surface area contributed by atoms with Crippen LogP contribution < -0.4 is 10.5 Å². The lowest BCUT2D eigenvalue weighted by Crippen LogP contribution is -2.26. The van der Waals surface area contributed by atoms with Crippen molar-refractivity contribution in [2.75, 3.05) is 26.7 Å². The molecule has 0 radical (unpaired) electrons. The number of amides is 1. The summed E-state index contributed by atoms with van der Waals surface area (Å²) in [4.78, 5) is 27.1. The van der Waals surface area contributed by atoms with Crippen LogP contribution in [0.15, 0.2) is 35.9 Å². The highest BCUT2D eigenvalue weighted by molar-refractivity contribution is 7.15. The highest BCUT2D eigenvalue weighted by atomic mass is 32.1. The van der Waals surface area contributed by atoms with E-state index in [4.69, 9.17) is 15.2 Å². The predicted molar refractivity (Wildman–Crippen MR) is 107 cm³/mol. The van der Waals surface area contributed by atoms with E-state index in [-0.39, 0.29) is 0 Å². The number of likely N-dealkylation sites (tertiary alicyclic amines) is 1. The van der Waals surface area contributed by atoms with E-state index in [9.17, 15) is 9.59 Å². The third kappa shape index (κ3) is 3.68. The minimum atomic E-state index is -0.669. The van der Waals surface area contributed by atoms with Gasteiger partial charge in [-0.3, -0.25) is 4.79 Å². The third-order valence-corrected chi connectivity index (χ3v) is 6.24. The van der Waals surface area contributed by atoms with Crippen molar-refractivity contribution < 1.29 is 19.1 Å². The van der Waals surface area contributed by atoms with Crippen molar-refractivity contribution in [3.05, 3.63) is 56.8 Å². The van der Waals surface area contributed by atoms with Gasteiger partial charge in [-0.1, -0.05) is 23.8 Å². The maximum atomic E-state index is 12.3. The van der Waals surface area contributed by atoms with Crippen LogP contribution in [-0.4, -0.2) is 43.5 Å². The SMILES string of the molecule is CN1CCC(=C2c3ccccc3OCc3cc(C(=O)OCC(N)=O)sc32)CC1. The Morgan fingerprint density at radius 1 is 1.25 bits per heavy atom. The first kappa shape index (κ1) is 18.7. The second-order valence-corrected chi connectivity index (χ2v) is 8.13. The fraction of sp³-hybridized carbons (Fsp3) is 0.333. The number of piperidine rings is 1. The number of nitrogens with two attached hydrogens (primary N) is 1. The second-order valence-electron chi connectivity index (χ2n) is 7.07. The largest absolute Gasteiger partial charge is 0.488 e. The highest BCUT2D eigenvalue weighted by Crippen LogP contribution is 2.44. The van der Waals surface area contributed by atoms with Crippen molar-refractivity contribution in [3.63, 3.8) is 0 Å². The van der Waals surface area contributed by atoms with Crippen molar-refractivity contribution in [2.24, 2.45) is 5.73 Å². The summed E-state index contributed by atoms with van der Waals surface area (Å²) in [7, 11) is 2.13. The van der Waals surface area contributed by atoms with Gasteiger partial charge in [-0.15, -0.1) is 11.3 Å². The van der Waals surface area contributed by atoms with Gasteiger partial charge in [-0.05, 0) is 32.0 Å². The number of benzene rings is 1. The summed E-state index contributed by atoms with van der Waals surface area (Å²) in [5.41, 5.74) is 9.67. The quantitative estimate of drug-likeness (QED) is 0.804. The van der Waals surface area contributed by atoms with Crippen molar-refractivity contribution in [3.8, 4) is 5.75 Å². The molecule has 2 N–H and O–H groups in total. The van der Waals surface area contributed by atoms with Gasteiger partial charge in [0.05, 0.1) is 0 Å². The molecule has 0 saturated carbocycles. The smallest absolute Gasteiger partial charge is 0.348 e. The molecule has 7 heteroatoms. The summed E-state index contributed by atoms with van der Waals surface area (Å²) in [5.74, 6) is -0.332. The third-order valence-electron chi connectivity index (χ3n) is 5.07. The predicted octanol–water partition coefficient (Wildman–Crippen LogP) is 2.81. The Labute approximate surface area is 167 Å². The Balaban J connectivity index is 1.78. The molecule has 2 aliphatic heterocycles. The number of ether oxygens (including phenoxy) is 2. The number of thiophene rings is 1. The Morgan fingerprint density at radius 3 is 2.75 bits per heavy atom.